The number of hydrogen-bond acceptors (Lipinski definition) is 0. The standard InChI is InChI=1S/C32H28F2/c1-31(2,28-18-19-30(34)26-14-8-7-13-25(26)28)32(3,4)29-17-16-22(33)20-27(29)24-15-9-11-21-10-5-6-12-23(21)24/h5-20H,1-4H3. The van der Waals surface area contributed by atoms with Crippen LogP contribution in [0, 0.1) is 11.6 Å². The van der Waals surface area contributed by atoms with Gasteiger partial charge in [-0.3, -0.25) is 0 Å². The Morgan fingerprint density at radius 2 is 1.09 bits per heavy atom. The lowest BCUT2D eigenvalue weighted by Crippen LogP contribution is -2.41. The zero-order valence-corrected chi connectivity index (χ0v) is 20.0. The molecule has 0 aromatic heterocycles. The highest BCUT2D eigenvalue weighted by Crippen LogP contribution is 2.49. The molecule has 0 atom stereocenters. The summed E-state index contributed by atoms with van der Waals surface area (Å²) in [5.41, 5.74) is 3.23. The predicted molar refractivity (Wildman–Crippen MR) is 139 cm³/mol. The lowest BCUT2D eigenvalue weighted by molar-refractivity contribution is 0.305. The maximum atomic E-state index is 14.7. The van der Waals surface area contributed by atoms with Gasteiger partial charge in [-0.2, -0.15) is 0 Å². The van der Waals surface area contributed by atoms with Crippen molar-refractivity contribution in [1.29, 1.82) is 0 Å². The highest BCUT2D eigenvalue weighted by Gasteiger charge is 2.42. The van der Waals surface area contributed by atoms with Crippen molar-refractivity contribution in [3.63, 3.8) is 0 Å². The zero-order chi connectivity index (χ0) is 24.1. The van der Waals surface area contributed by atoms with Gasteiger partial charge in [0.2, 0.25) is 0 Å². The molecule has 0 saturated heterocycles. The molecule has 0 radical (unpaired) electrons. The second-order valence-corrected chi connectivity index (χ2v) is 10.1. The van der Waals surface area contributed by atoms with Crippen LogP contribution in [0.25, 0.3) is 32.7 Å². The van der Waals surface area contributed by atoms with Crippen LogP contribution >= 0.6 is 0 Å². The van der Waals surface area contributed by atoms with Crippen molar-refractivity contribution < 1.29 is 8.78 Å². The van der Waals surface area contributed by atoms with Gasteiger partial charge in [-0.25, -0.2) is 8.78 Å². The summed E-state index contributed by atoms with van der Waals surface area (Å²) < 4.78 is 29.3. The Kier molecular flexibility index (Phi) is 5.28. The molecule has 0 bridgehead atoms. The van der Waals surface area contributed by atoms with Gasteiger partial charge >= 0.3 is 0 Å². The molecule has 0 aliphatic rings. The molecule has 5 aromatic carbocycles. The molecule has 5 rings (SSSR count). The van der Waals surface area contributed by atoms with Gasteiger partial charge in [-0.15, -0.1) is 0 Å². The minimum Gasteiger partial charge on any atom is -0.207 e. The van der Waals surface area contributed by atoms with Crippen LogP contribution in [-0.2, 0) is 10.8 Å². The average molecular weight is 451 g/mol. The Bertz CT molecular complexity index is 1520. The van der Waals surface area contributed by atoms with E-state index in [1.807, 2.05) is 54.6 Å². The van der Waals surface area contributed by atoms with E-state index in [1.54, 1.807) is 18.2 Å². The second-order valence-electron chi connectivity index (χ2n) is 10.1. The van der Waals surface area contributed by atoms with Crippen LogP contribution in [0.2, 0.25) is 0 Å². The minimum atomic E-state index is -0.409. The molecule has 0 aliphatic heterocycles. The average Bonchev–Trinajstić information content (AvgIpc) is 2.83. The summed E-state index contributed by atoms with van der Waals surface area (Å²) in [4.78, 5) is 0. The first-order valence-corrected chi connectivity index (χ1v) is 11.7. The largest absolute Gasteiger partial charge is 0.207 e. The van der Waals surface area contributed by atoms with Crippen LogP contribution in [0.3, 0.4) is 0 Å². The van der Waals surface area contributed by atoms with E-state index < -0.39 is 10.8 Å². The highest BCUT2D eigenvalue weighted by atomic mass is 19.1. The third-order valence-corrected chi connectivity index (χ3v) is 7.84. The number of benzene rings is 5. The van der Waals surface area contributed by atoms with E-state index in [0.29, 0.717) is 5.39 Å². The van der Waals surface area contributed by atoms with E-state index in [0.717, 1.165) is 38.4 Å². The van der Waals surface area contributed by atoms with E-state index >= 15 is 0 Å². The van der Waals surface area contributed by atoms with Gasteiger partial charge in [0.1, 0.15) is 11.6 Å². The summed E-state index contributed by atoms with van der Waals surface area (Å²) in [6, 6.07) is 30.6. The van der Waals surface area contributed by atoms with Gasteiger partial charge < -0.3 is 0 Å². The van der Waals surface area contributed by atoms with E-state index in [-0.39, 0.29) is 11.6 Å². The zero-order valence-electron chi connectivity index (χ0n) is 20.0. The summed E-state index contributed by atoms with van der Waals surface area (Å²) in [7, 11) is 0. The molecule has 0 saturated carbocycles. The van der Waals surface area contributed by atoms with Gasteiger partial charge in [0, 0.05) is 5.39 Å². The molecule has 34 heavy (non-hydrogen) atoms. The van der Waals surface area contributed by atoms with Crippen molar-refractivity contribution in [1.82, 2.24) is 0 Å². The van der Waals surface area contributed by atoms with Crippen molar-refractivity contribution in [3.05, 3.63) is 120 Å². The molecule has 0 fully saturated rings. The normalized spacial score (nSPS) is 12.4. The molecular formula is C32H28F2. The Morgan fingerprint density at radius 1 is 0.500 bits per heavy atom. The maximum Gasteiger partial charge on any atom is 0.131 e. The fourth-order valence-corrected chi connectivity index (χ4v) is 5.23. The van der Waals surface area contributed by atoms with Crippen molar-refractivity contribution in [2.45, 2.75) is 38.5 Å². The maximum absolute atomic E-state index is 14.7. The molecule has 0 heterocycles. The molecule has 0 aliphatic carbocycles. The smallest absolute Gasteiger partial charge is 0.131 e. The van der Waals surface area contributed by atoms with Gasteiger partial charge in [0.25, 0.3) is 0 Å². The van der Waals surface area contributed by atoms with Crippen LogP contribution in [0.5, 0.6) is 0 Å². The van der Waals surface area contributed by atoms with Crippen molar-refractivity contribution in [3.8, 4) is 11.1 Å². The minimum absolute atomic E-state index is 0.216. The summed E-state index contributed by atoms with van der Waals surface area (Å²) in [5.74, 6) is -0.473. The monoisotopic (exact) mass is 450 g/mol. The summed E-state index contributed by atoms with van der Waals surface area (Å²) >= 11 is 0. The van der Waals surface area contributed by atoms with Crippen LogP contribution < -0.4 is 0 Å². The van der Waals surface area contributed by atoms with E-state index in [2.05, 4.69) is 52.0 Å². The number of rotatable bonds is 4. The Balaban J connectivity index is 1.76. The number of hydrogen-bond donors (Lipinski definition) is 0. The Morgan fingerprint density at radius 3 is 1.85 bits per heavy atom. The van der Waals surface area contributed by atoms with Gasteiger partial charge in [-0.05, 0) is 67.4 Å². The van der Waals surface area contributed by atoms with Crippen LogP contribution in [0.1, 0.15) is 38.8 Å². The lowest BCUT2D eigenvalue weighted by Gasteiger charge is -2.44. The number of halogens is 2. The molecule has 170 valence electrons. The van der Waals surface area contributed by atoms with Crippen LogP contribution in [0.15, 0.2) is 97.1 Å². The van der Waals surface area contributed by atoms with Crippen molar-refractivity contribution in [2.75, 3.05) is 0 Å². The SMILES string of the molecule is CC(C)(c1ccc(F)cc1-c1cccc2ccccc12)C(C)(C)c1ccc(F)c2ccccc12. The summed E-state index contributed by atoms with van der Waals surface area (Å²) in [6.07, 6.45) is 0. The van der Waals surface area contributed by atoms with Gasteiger partial charge in [0.05, 0.1) is 0 Å². The third kappa shape index (κ3) is 3.40. The fraction of sp³-hybridized carbons (Fsp3) is 0.188. The molecule has 5 aromatic rings. The third-order valence-electron chi connectivity index (χ3n) is 7.84. The van der Waals surface area contributed by atoms with Crippen LogP contribution in [-0.4, -0.2) is 0 Å². The first-order valence-electron chi connectivity index (χ1n) is 11.7. The lowest BCUT2D eigenvalue weighted by atomic mass is 9.59. The van der Waals surface area contributed by atoms with Gasteiger partial charge in [-0.1, -0.05) is 107 Å². The molecule has 0 N–H and O–H groups in total. The summed E-state index contributed by atoms with van der Waals surface area (Å²) in [6.45, 7) is 8.80. The predicted octanol–water partition coefficient (Wildman–Crippen LogP) is 9.19. The van der Waals surface area contributed by atoms with Crippen molar-refractivity contribution >= 4 is 21.5 Å². The molecular weight excluding hydrogens is 422 g/mol. The Labute approximate surface area is 199 Å². The Hall–Kier alpha value is -3.52. The first-order chi connectivity index (χ1) is 16.2. The fourth-order valence-electron chi connectivity index (χ4n) is 5.23. The molecule has 2 heteroatoms. The van der Waals surface area contributed by atoms with Gasteiger partial charge in [0.15, 0.2) is 0 Å². The molecule has 0 amide bonds. The van der Waals surface area contributed by atoms with E-state index in [9.17, 15) is 8.78 Å². The second kappa shape index (κ2) is 8.06. The van der Waals surface area contributed by atoms with Crippen molar-refractivity contribution in [2.24, 2.45) is 0 Å². The quantitative estimate of drug-likeness (QED) is 0.256. The molecule has 0 unspecified atom stereocenters. The van der Waals surface area contributed by atoms with E-state index in [1.165, 1.54) is 0 Å². The van der Waals surface area contributed by atoms with Crippen LogP contribution in [0.4, 0.5) is 8.78 Å². The highest BCUT2D eigenvalue weighted by molar-refractivity contribution is 5.97. The first kappa shape index (κ1) is 22.3. The topological polar surface area (TPSA) is 0 Å². The molecule has 0 nitrogen and oxygen atoms in total. The summed E-state index contributed by atoms with van der Waals surface area (Å²) in [5, 5.41) is 3.75. The van der Waals surface area contributed by atoms with E-state index in [4.69, 9.17) is 0 Å². The number of fused-ring (bicyclic) bond motifs is 2. The molecule has 0 spiro atoms.